The molecular formula is C16H21FO3S. The monoisotopic (exact) mass is 312 g/mol. The van der Waals surface area contributed by atoms with Crippen molar-refractivity contribution in [2.45, 2.75) is 44.1 Å². The number of carbonyl (C=O) groups excluding carboxylic acids is 1. The summed E-state index contributed by atoms with van der Waals surface area (Å²) >= 11 is 1.59. The lowest BCUT2D eigenvalue weighted by Gasteiger charge is -2.17. The number of aryl methyl sites for hydroxylation is 1. The predicted molar refractivity (Wildman–Crippen MR) is 80.8 cm³/mol. The minimum absolute atomic E-state index is 0.00994. The summed E-state index contributed by atoms with van der Waals surface area (Å²) in [6, 6.07) is 3.18. The fourth-order valence-electron chi connectivity index (χ4n) is 2.28. The number of aliphatic hydroxyl groups is 1. The van der Waals surface area contributed by atoms with Crippen molar-refractivity contribution < 1.29 is 19.0 Å². The molecule has 0 amide bonds. The molecule has 1 aromatic rings. The standard InChI is InChI=1S/C16H21FO3S/c1-10-6-14(12(11(2)18)7-13(10)17)21-9-16(4-5-16)8-15(19)20-3/h6-7,11,18H,4-5,8-9H2,1-3H3/t11-/m0/s1. The Bertz CT molecular complexity index is 539. The smallest absolute Gasteiger partial charge is 0.306 e. The van der Waals surface area contributed by atoms with Gasteiger partial charge in [0.1, 0.15) is 5.82 Å². The summed E-state index contributed by atoms with van der Waals surface area (Å²) in [6.45, 7) is 3.35. The average molecular weight is 312 g/mol. The van der Waals surface area contributed by atoms with E-state index in [9.17, 15) is 14.3 Å². The lowest BCUT2D eigenvalue weighted by atomic mass is 10.1. The van der Waals surface area contributed by atoms with E-state index in [4.69, 9.17) is 4.74 Å². The van der Waals surface area contributed by atoms with Crippen LogP contribution in [0.25, 0.3) is 0 Å². The van der Waals surface area contributed by atoms with Crippen molar-refractivity contribution in [1.29, 1.82) is 0 Å². The first-order valence-corrected chi connectivity index (χ1v) is 8.03. The largest absolute Gasteiger partial charge is 0.469 e. The van der Waals surface area contributed by atoms with Crippen LogP contribution < -0.4 is 0 Å². The molecule has 2 rings (SSSR count). The molecule has 1 fully saturated rings. The number of thioether (sulfide) groups is 1. The van der Waals surface area contributed by atoms with Crippen molar-refractivity contribution in [3.63, 3.8) is 0 Å². The topological polar surface area (TPSA) is 46.5 Å². The van der Waals surface area contributed by atoms with Crippen molar-refractivity contribution in [3.8, 4) is 0 Å². The van der Waals surface area contributed by atoms with E-state index in [1.807, 2.05) is 0 Å². The Kier molecular flexibility index (Phi) is 4.94. The van der Waals surface area contributed by atoms with Gasteiger partial charge in [0.25, 0.3) is 0 Å². The Morgan fingerprint density at radius 1 is 1.52 bits per heavy atom. The van der Waals surface area contributed by atoms with E-state index < -0.39 is 6.10 Å². The Morgan fingerprint density at radius 3 is 2.71 bits per heavy atom. The lowest BCUT2D eigenvalue weighted by molar-refractivity contribution is -0.141. The van der Waals surface area contributed by atoms with E-state index in [-0.39, 0.29) is 17.2 Å². The van der Waals surface area contributed by atoms with Crippen LogP contribution in [-0.2, 0) is 9.53 Å². The quantitative estimate of drug-likeness (QED) is 0.644. The van der Waals surface area contributed by atoms with Crippen molar-refractivity contribution in [3.05, 3.63) is 29.1 Å². The first-order valence-electron chi connectivity index (χ1n) is 7.04. The number of halogens is 1. The van der Waals surface area contributed by atoms with Crippen LogP contribution in [0.4, 0.5) is 4.39 Å². The van der Waals surface area contributed by atoms with Gasteiger partial charge in [-0.05, 0) is 55.4 Å². The van der Waals surface area contributed by atoms with Gasteiger partial charge >= 0.3 is 5.97 Å². The number of benzene rings is 1. The zero-order chi connectivity index (χ0) is 15.6. The van der Waals surface area contributed by atoms with E-state index in [1.165, 1.54) is 13.2 Å². The minimum atomic E-state index is -0.710. The highest BCUT2D eigenvalue weighted by Gasteiger charge is 2.44. The molecule has 21 heavy (non-hydrogen) atoms. The molecule has 5 heteroatoms. The van der Waals surface area contributed by atoms with Gasteiger partial charge in [0.2, 0.25) is 0 Å². The summed E-state index contributed by atoms with van der Waals surface area (Å²) in [5, 5.41) is 9.79. The molecule has 1 aromatic carbocycles. The highest BCUT2D eigenvalue weighted by Crippen LogP contribution is 2.52. The molecule has 0 radical (unpaired) electrons. The minimum Gasteiger partial charge on any atom is -0.469 e. The molecule has 0 bridgehead atoms. The van der Waals surface area contributed by atoms with E-state index in [2.05, 4.69) is 0 Å². The van der Waals surface area contributed by atoms with Crippen LogP contribution in [0.5, 0.6) is 0 Å². The molecule has 0 heterocycles. The van der Waals surface area contributed by atoms with Crippen molar-refractivity contribution in [1.82, 2.24) is 0 Å². The summed E-state index contributed by atoms with van der Waals surface area (Å²) < 4.78 is 18.4. The average Bonchev–Trinajstić information content (AvgIpc) is 3.19. The zero-order valence-corrected chi connectivity index (χ0v) is 13.4. The highest BCUT2D eigenvalue weighted by molar-refractivity contribution is 7.99. The van der Waals surface area contributed by atoms with Crippen LogP contribution >= 0.6 is 11.8 Å². The summed E-state index contributed by atoms with van der Waals surface area (Å²) in [7, 11) is 1.40. The molecular weight excluding hydrogens is 291 g/mol. The number of esters is 1. The van der Waals surface area contributed by atoms with Gasteiger partial charge < -0.3 is 9.84 Å². The fourth-order valence-corrected chi connectivity index (χ4v) is 3.79. The second-order valence-electron chi connectivity index (χ2n) is 5.86. The third-order valence-corrected chi connectivity index (χ3v) is 5.40. The fraction of sp³-hybridized carbons (Fsp3) is 0.562. The number of carbonyl (C=O) groups is 1. The van der Waals surface area contributed by atoms with Gasteiger partial charge in [0.15, 0.2) is 0 Å². The molecule has 0 aliphatic heterocycles. The van der Waals surface area contributed by atoms with Crippen molar-refractivity contribution >= 4 is 17.7 Å². The number of hydrogen-bond acceptors (Lipinski definition) is 4. The van der Waals surface area contributed by atoms with Gasteiger partial charge in [-0.1, -0.05) is 0 Å². The number of aliphatic hydroxyl groups excluding tert-OH is 1. The van der Waals surface area contributed by atoms with Crippen molar-refractivity contribution in [2.24, 2.45) is 5.41 Å². The Balaban J connectivity index is 2.09. The molecule has 1 aliphatic carbocycles. The van der Waals surface area contributed by atoms with Gasteiger partial charge in [-0.15, -0.1) is 11.8 Å². The molecule has 116 valence electrons. The zero-order valence-electron chi connectivity index (χ0n) is 12.6. The molecule has 1 saturated carbocycles. The van der Waals surface area contributed by atoms with Gasteiger partial charge in [-0.25, -0.2) is 4.39 Å². The highest BCUT2D eigenvalue weighted by atomic mass is 32.2. The molecule has 0 saturated heterocycles. The summed E-state index contributed by atoms with van der Waals surface area (Å²) in [5.41, 5.74) is 1.19. The maximum absolute atomic E-state index is 13.6. The van der Waals surface area contributed by atoms with Crippen LogP contribution in [0.3, 0.4) is 0 Å². The van der Waals surface area contributed by atoms with Crippen LogP contribution in [0.15, 0.2) is 17.0 Å². The second-order valence-corrected chi connectivity index (χ2v) is 6.87. The summed E-state index contributed by atoms with van der Waals surface area (Å²) in [6.07, 6.45) is 1.75. The normalized spacial score (nSPS) is 17.4. The van der Waals surface area contributed by atoms with Gasteiger partial charge in [0.05, 0.1) is 19.6 Å². The van der Waals surface area contributed by atoms with E-state index in [0.29, 0.717) is 17.5 Å². The van der Waals surface area contributed by atoms with Crippen LogP contribution in [0.1, 0.15) is 43.4 Å². The predicted octanol–water partition coefficient (Wildman–Crippen LogP) is 3.62. The number of hydrogen-bond donors (Lipinski definition) is 1. The molecule has 1 aliphatic rings. The first kappa shape index (κ1) is 16.3. The van der Waals surface area contributed by atoms with E-state index in [1.54, 1.807) is 31.7 Å². The number of methoxy groups -OCH3 is 1. The molecule has 0 aromatic heterocycles. The lowest BCUT2D eigenvalue weighted by Crippen LogP contribution is -2.13. The SMILES string of the molecule is COC(=O)CC1(CSc2cc(C)c(F)cc2[C@H](C)O)CC1. The van der Waals surface area contributed by atoms with Crippen LogP contribution in [-0.4, -0.2) is 23.9 Å². The Morgan fingerprint density at radius 2 is 2.19 bits per heavy atom. The third-order valence-electron chi connectivity index (χ3n) is 3.98. The first-order chi connectivity index (χ1) is 9.87. The maximum atomic E-state index is 13.6. The third kappa shape index (κ3) is 3.98. The molecule has 3 nitrogen and oxygen atoms in total. The van der Waals surface area contributed by atoms with Gasteiger partial charge in [-0.2, -0.15) is 0 Å². The maximum Gasteiger partial charge on any atom is 0.306 e. The summed E-state index contributed by atoms with van der Waals surface area (Å²) in [5.74, 6) is 0.303. The van der Waals surface area contributed by atoms with E-state index in [0.717, 1.165) is 23.5 Å². The molecule has 1 atom stereocenters. The molecule has 0 unspecified atom stereocenters. The summed E-state index contributed by atoms with van der Waals surface area (Å²) in [4.78, 5) is 12.3. The molecule has 1 N–H and O–H groups in total. The van der Waals surface area contributed by atoms with Crippen LogP contribution in [0.2, 0.25) is 0 Å². The Labute approximate surface area is 128 Å². The van der Waals surface area contributed by atoms with Gasteiger partial charge in [-0.3, -0.25) is 4.79 Å². The van der Waals surface area contributed by atoms with Crippen LogP contribution in [0, 0.1) is 18.2 Å². The molecule has 0 spiro atoms. The van der Waals surface area contributed by atoms with Crippen molar-refractivity contribution in [2.75, 3.05) is 12.9 Å². The second kappa shape index (κ2) is 6.36. The van der Waals surface area contributed by atoms with E-state index >= 15 is 0 Å². The Hall–Kier alpha value is -1.07. The van der Waals surface area contributed by atoms with Gasteiger partial charge in [0, 0.05) is 10.6 Å². The number of rotatable bonds is 6. The number of ether oxygens (including phenoxy) is 1.